The molecule has 1 aromatic heterocycles. The number of hydrogen-bond donors (Lipinski definition) is 0. The Hall–Kier alpha value is -1.59. The Morgan fingerprint density at radius 2 is 1.97 bits per heavy atom. The summed E-state index contributed by atoms with van der Waals surface area (Å²) in [6.07, 6.45) is 14.3. The van der Waals surface area contributed by atoms with E-state index >= 15 is 0 Å². The fourth-order valence-corrected chi connectivity index (χ4v) is 4.62. The van der Waals surface area contributed by atoms with Crippen LogP contribution in [0.25, 0.3) is 0 Å². The molecule has 0 amide bonds. The number of hydrogen-bond acceptors (Lipinski definition) is 3. The highest BCUT2D eigenvalue weighted by Crippen LogP contribution is 2.33. The Morgan fingerprint density at radius 1 is 1.20 bits per heavy atom. The number of aromatic nitrogens is 1. The summed E-state index contributed by atoms with van der Waals surface area (Å²) in [6.45, 7) is 12.6. The Morgan fingerprint density at radius 3 is 2.63 bits per heavy atom. The standard InChI is InChI=1S/C25H41NO3Si/c1-20(2)22-15-13-11-9-7-8-10-12-14-21-18-23(22)24(25(27)28-3)26(21)19-29-16-17-30(4,5)6/h7,9,13,15,18,20,22H,8,10-12,14,16-17,19H2,1-6H3/b9-7-,15-13-/t22-/m1/s1. The van der Waals surface area contributed by atoms with Gasteiger partial charge in [0.25, 0.3) is 0 Å². The van der Waals surface area contributed by atoms with Crippen molar-refractivity contribution in [2.45, 2.75) is 84.3 Å². The Balaban J connectivity index is 2.43. The number of carbonyl (C=O) groups is 1. The molecule has 4 nitrogen and oxygen atoms in total. The topological polar surface area (TPSA) is 40.5 Å². The van der Waals surface area contributed by atoms with E-state index < -0.39 is 8.07 Å². The largest absolute Gasteiger partial charge is 0.464 e. The summed E-state index contributed by atoms with van der Waals surface area (Å²) in [7, 11) is 0.316. The monoisotopic (exact) mass is 431 g/mol. The number of allylic oxidation sites excluding steroid dienone is 4. The van der Waals surface area contributed by atoms with Gasteiger partial charge in [0.15, 0.2) is 0 Å². The van der Waals surface area contributed by atoms with E-state index in [1.807, 2.05) is 0 Å². The Kier molecular flexibility index (Phi) is 9.63. The van der Waals surface area contributed by atoms with Crippen LogP contribution in [-0.4, -0.2) is 32.3 Å². The average molecular weight is 432 g/mol. The lowest BCUT2D eigenvalue weighted by atomic mass is 9.87. The molecule has 1 aliphatic carbocycles. The molecule has 0 saturated heterocycles. The normalized spacial score (nSPS) is 20.2. The first-order valence-electron chi connectivity index (χ1n) is 11.4. The maximum Gasteiger partial charge on any atom is 0.355 e. The maximum absolute atomic E-state index is 12.9. The molecule has 0 unspecified atom stereocenters. The van der Waals surface area contributed by atoms with Crippen LogP contribution < -0.4 is 0 Å². The van der Waals surface area contributed by atoms with E-state index in [2.05, 4.69) is 68.4 Å². The molecule has 0 saturated carbocycles. The number of ether oxygens (including phenoxy) is 2. The third-order valence-corrected chi connectivity index (χ3v) is 7.43. The fraction of sp³-hybridized carbons (Fsp3) is 0.640. The number of fused-ring (bicyclic) bond motifs is 2. The van der Waals surface area contributed by atoms with Crippen LogP contribution in [0.1, 0.15) is 67.2 Å². The van der Waals surface area contributed by atoms with Crippen LogP contribution in [0.4, 0.5) is 0 Å². The molecule has 2 rings (SSSR count). The van der Waals surface area contributed by atoms with E-state index in [9.17, 15) is 4.79 Å². The number of esters is 1. The van der Waals surface area contributed by atoms with E-state index in [1.165, 1.54) is 12.8 Å². The lowest BCUT2D eigenvalue weighted by molar-refractivity contribution is 0.0533. The molecular weight excluding hydrogens is 390 g/mol. The molecule has 2 bridgehead atoms. The average Bonchev–Trinajstić information content (AvgIpc) is 3.03. The van der Waals surface area contributed by atoms with Crippen LogP contribution >= 0.6 is 0 Å². The quantitative estimate of drug-likeness (QED) is 0.212. The van der Waals surface area contributed by atoms with Crippen molar-refractivity contribution in [1.29, 1.82) is 0 Å². The van der Waals surface area contributed by atoms with Crippen LogP contribution in [-0.2, 0) is 22.6 Å². The molecule has 30 heavy (non-hydrogen) atoms. The van der Waals surface area contributed by atoms with Crippen molar-refractivity contribution in [2.75, 3.05) is 13.7 Å². The van der Waals surface area contributed by atoms with Gasteiger partial charge in [0.2, 0.25) is 0 Å². The summed E-state index contributed by atoms with van der Waals surface area (Å²) >= 11 is 0. The smallest absolute Gasteiger partial charge is 0.355 e. The molecule has 0 spiro atoms. The van der Waals surface area contributed by atoms with E-state index in [-0.39, 0.29) is 11.9 Å². The minimum Gasteiger partial charge on any atom is -0.464 e. The first-order valence-corrected chi connectivity index (χ1v) is 15.2. The molecule has 1 aromatic rings. The number of nitrogens with zero attached hydrogens (tertiary/aromatic N) is 1. The first kappa shape index (κ1) is 24.7. The summed E-state index contributed by atoms with van der Waals surface area (Å²) in [5.41, 5.74) is 2.91. The van der Waals surface area contributed by atoms with Gasteiger partial charge in [0, 0.05) is 26.3 Å². The number of aryl methyl sites for hydroxylation is 1. The Labute approximate surface area is 184 Å². The molecule has 1 atom stereocenters. The molecule has 1 heterocycles. The third-order valence-electron chi connectivity index (χ3n) is 5.72. The molecule has 1 aliphatic rings. The molecule has 0 aromatic carbocycles. The van der Waals surface area contributed by atoms with E-state index in [0.717, 1.165) is 50.3 Å². The highest BCUT2D eigenvalue weighted by atomic mass is 28.3. The summed E-state index contributed by atoms with van der Waals surface area (Å²) in [5.74, 6) is 0.293. The SMILES string of the molecule is COC(=O)c1c2cc(n1COCC[Si](C)(C)C)CCCC/C=C\C/C=C\[C@@H]2C(C)C. The second-order valence-electron chi connectivity index (χ2n) is 9.86. The lowest BCUT2D eigenvalue weighted by Gasteiger charge is -2.20. The van der Waals surface area contributed by atoms with Gasteiger partial charge in [-0.3, -0.25) is 0 Å². The molecular formula is C25H41NO3Si. The number of carbonyl (C=O) groups excluding carboxylic acids is 1. The zero-order valence-electron chi connectivity index (χ0n) is 19.9. The van der Waals surface area contributed by atoms with Crippen LogP contribution in [0.2, 0.25) is 25.7 Å². The van der Waals surface area contributed by atoms with Crippen LogP contribution in [0, 0.1) is 5.92 Å². The number of methoxy groups -OCH3 is 1. The highest BCUT2D eigenvalue weighted by Gasteiger charge is 2.27. The minimum atomic E-state index is -1.15. The third kappa shape index (κ3) is 7.27. The van der Waals surface area contributed by atoms with Crippen LogP contribution in [0.5, 0.6) is 0 Å². The van der Waals surface area contributed by atoms with Gasteiger partial charge in [-0.15, -0.1) is 0 Å². The molecule has 5 heteroatoms. The van der Waals surface area contributed by atoms with Gasteiger partial charge in [-0.25, -0.2) is 4.79 Å². The maximum atomic E-state index is 12.9. The predicted octanol–water partition coefficient (Wildman–Crippen LogP) is 6.56. The Bertz CT molecular complexity index is 740. The summed E-state index contributed by atoms with van der Waals surface area (Å²) in [5, 5.41) is 0. The van der Waals surface area contributed by atoms with Gasteiger partial charge in [-0.1, -0.05) is 57.8 Å². The van der Waals surface area contributed by atoms with Gasteiger partial charge in [0.05, 0.1) is 7.11 Å². The van der Waals surface area contributed by atoms with Gasteiger partial charge < -0.3 is 14.0 Å². The summed E-state index contributed by atoms with van der Waals surface area (Å²) in [4.78, 5) is 12.9. The lowest BCUT2D eigenvalue weighted by Crippen LogP contribution is -2.23. The van der Waals surface area contributed by atoms with E-state index in [0.29, 0.717) is 18.3 Å². The molecule has 168 valence electrons. The van der Waals surface area contributed by atoms with E-state index in [1.54, 1.807) is 0 Å². The zero-order chi connectivity index (χ0) is 22.1. The summed E-state index contributed by atoms with van der Waals surface area (Å²) in [6, 6.07) is 3.35. The fourth-order valence-electron chi connectivity index (χ4n) is 3.86. The van der Waals surface area contributed by atoms with Gasteiger partial charge in [-0.2, -0.15) is 0 Å². The molecule has 0 aliphatic heterocycles. The van der Waals surface area contributed by atoms with Crippen molar-refractivity contribution in [1.82, 2.24) is 4.57 Å². The van der Waals surface area contributed by atoms with Gasteiger partial charge >= 0.3 is 5.97 Å². The second kappa shape index (κ2) is 11.7. The van der Waals surface area contributed by atoms with Gasteiger partial charge in [0.1, 0.15) is 12.4 Å². The van der Waals surface area contributed by atoms with Crippen LogP contribution in [0.15, 0.2) is 30.4 Å². The van der Waals surface area contributed by atoms with Crippen molar-refractivity contribution in [2.24, 2.45) is 5.92 Å². The van der Waals surface area contributed by atoms with Crippen LogP contribution in [0.3, 0.4) is 0 Å². The molecule has 0 fully saturated rings. The minimum absolute atomic E-state index is 0.176. The zero-order valence-corrected chi connectivity index (χ0v) is 20.9. The van der Waals surface area contributed by atoms with E-state index in [4.69, 9.17) is 9.47 Å². The van der Waals surface area contributed by atoms with Crippen molar-refractivity contribution in [3.63, 3.8) is 0 Å². The second-order valence-corrected chi connectivity index (χ2v) is 15.5. The molecule has 0 N–H and O–H groups in total. The highest BCUT2D eigenvalue weighted by molar-refractivity contribution is 6.76. The first-order chi connectivity index (χ1) is 14.2. The predicted molar refractivity (Wildman–Crippen MR) is 128 cm³/mol. The molecule has 0 radical (unpaired) electrons. The van der Waals surface area contributed by atoms with Crippen molar-refractivity contribution in [3.8, 4) is 0 Å². The summed E-state index contributed by atoms with van der Waals surface area (Å²) < 4.78 is 13.4. The van der Waals surface area contributed by atoms with Crippen molar-refractivity contribution in [3.05, 3.63) is 47.3 Å². The van der Waals surface area contributed by atoms with Crippen molar-refractivity contribution < 1.29 is 14.3 Å². The van der Waals surface area contributed by atoms with Gasteiger partial charge in [-0.05, 0) is 55.7 Å². The number of rotatable bonds is 7. The van der Waals surface area contributed by atoms with Crippen molar-refractivity contribution >= 4 is 14.0 Å².